The highest BCUT2D eigenvalue weighted by molar-refractivity contribution is 7.88. The average molecular weight is 522 g/mol. The molecular formula is C25H26F3N3O4S. The van der Waals surface area contributed by atoms with Crippen molar-refractivity contribution < 1.29 is 30.6 Å². The molecule has 7 nitrogen and oxygen atoms in total. The van der Waals surface area contributed by atoms with E-state index in [0.717, 1.165) is 53.5 Å². The van der Waals surface area contributed by atoms with Crippen molar-refractivity contribution in [2.24, 2.45) is 0 Å². The zero-order valence-corrected chi connectivity index (χ0v) is 20.2. The number of amides is 1. The summed E-state index contributed by atoms with van der Waals surface area (Å²) in [6.45, 7) is 2.54. The normalized spacial score (nSPS) is 14.8. The number of rotatable bonds is 9. The molecule has 2 heterocycles. The summed E-state index contributed by atoms with van der Waals surface area (Å²) in [7, 11) is -5.70. The maximum atomic E-state index is 12.6. The van der Waals surface area contributed by atoms with Crippen LogP contribution < -0.4 is 9.50 Å². The molecule has 0 spiro atoms. The van der Waals surface area contributed by atoms with Crippen molar-refractivity contribution in [2.75, 3.05) is 19.6 Å². The number of carbonyl (C=O) groups excluding carboxylic acids is 1. The Kier molecular flexibility index (Phi) is 7.70. The first-order valence-electron chi connectivity index (χ1n) is 11.5. The summed E-state index contributed by atoms with van der Waals surface area (Å²) in [5, 5.41) is 3.91. The Labute approximate surface area is 207 Å². The number of aromatic nitrogens is 1. The third-order valence-corrected chi connectivity index (χ3v) is 6.97. The van der Waals surface area contributed by atoms with E-state index in [4.69, 9.17) is 0 Å². The zero-order chi connectivity index (χ0) is 25.8. The number of fused-ring (bicyclic) bond motifs is 2. The van der Waals surface area contributed by atoms with E-state index in [0.29, 0.717) is 19.5 Å². The van der Waals surface area contributed by atoms with Crippen LogP contribution in [-0.2, 0) is 27.9 Å². The van der Waals surface area contributed by atoms with E-state index in [1.54, 1.807) is 12.1 Å². The van der Waals surface area contributed by atoms with Gasteiger partial charge in [-0.15, -0.1) is 0 Å². The van der Waals surface area contributed by atoms with Gasteiger partial charge in [0.15, 0.2) is 0 Å². The molecule has 1 aromatic heterocycles. The molecule has 0 radical (unpaired) electrons. The molecule has 192 valence electrons. The molecule has 0 bridgehead atoms. The van der Waals surface area contributed by atoms with Crippen molar-refractivity contribution in [3.05, 3.63) is 71.4 Å². The highest BCUT2D eigenvalue weighted by Crippen LogP contribution is 2.29. The highest BCUT2D eigenvalue weighted by Gasteiger charge is 2.48. The van der Waals surface area contributed by atoms with Gasteiger partial charge in [0.2, 0.25) is 5.91 Å². The molecule has 2 aromatic carbocycles. The van der Waals surface area contributed by atoms with Gasteiger partial charge in [-0.2, -0.15) is 21.6 Å². The summed E-state index contributed by atoms with van der Waals surface area (Å²) in [5.41, 5.74) is -1.83. The van der Waals surface area contributed by atoms with Gasteiger partial charge in [0.25, 0.3) is 0 Å². The zero-order valence-electron chi connectivity index (χ0n) is 19.3. The Morgan fingerprint density at radius 3 is 2.75 bits per heavy atom. The van der Waals surface area contributed by atoms with Crippen molar-refractivity contribution in [3.8, 4) is 5.75 Å². The monoisotopic (exact) mass is 521 g/mol. The number of carbonyl (C=O) groups is 1. The van der Waals surface area contributed by atoms with Gasteiger partial charge in [-0.3, -0.25) is 9.69 Å². The van der Waals surface area contributed by atoms with Crippen LogP contribution in [0.2, 0.25) is 0 Å². The number of para-hydroxylation sites is 1. The van der Waals surface area contributed by atoms with Gasteiger partial charge in [0, 0.05) is 42.8 Å². The molecular weight excluding hydrogens is 495 g/mol. The number of unbranched alkanes of at least 4 members (excludes halogenated alkanes) is 1. The van der Waals surface area contributed by atoms with Crippen LogP contribution in [0.1, 0.15) is 29.5 Å². The first-order valence-corrected chi connectivity index (χ1v) is 12.9. The minimum Gasteiger partial charge on any atom is -0.376 e. The van der Waals surface area contributed by atoms with Crippen LogP contribution in [0.5, 0.6) is 5.75 Å². The van der Waals surface area contributed by atoms with Gasteiger partial charge in [-0.1, -0.05) is 24.3 Å². The van der Waals surface area contributed by atoms with Gasteiger partial charge in [-0.05, 0) is 66.8 Å². The Morgan fingerprint density at radius 1 is 1.14 bits per heavy atom. The summed E-state index contributed by atoms with van der Waals surface area (Å²) in [5.74, 6) is -0.523. The highest BCUT2D eigenvalue weighted by atomic mass is 32.2. The van der Waals surface area contributed by atoms with Crippen LogP contribution in [0, 0.1) is 0 Å². The second-order valence-corrected chi connectivity index (χ2v) is 10.1. The number of nitrogens with zero attached hydrogens (tertiary/aromatic N) is 1. The lowest BCUT2D eigenvalue weighted by Gasteiger charge is -2.29. The Morgan fingerprint density at radius 2 is 1.94 bits per heavy atom. The van der Waals surface area contributed by atoms with Crippen LogP contribution in [0.3, 0.4) is 0 Å². The van der Waals surface area contributed by atoms with Gasteiger partial charge in [0.05, 0.1) is 0 Å². The van der Waals surface area contributed by atoms with Crippen LogP contribution in [0.25, 0.3) is 17.0 Å². The summed E-state index contributed by atoms with van der Waals surface area (Å²) in [6, 6.07) is 12.0. The molecule has 1 aliphatic heterocycles. The van der Waals surface area contributed by atoms with Gasteiger partial charge in [-0.25, -0.2) is 0 Å². The molecule has 3 aromatic rings. The van der Waals surface area contributed by atoms with Gasteiger partial charge >= 0.3 is 15.6 Å². The maximum absolute atomic E-state index is 12.6. The third kappa shape index (κ3) is 6.27. The summed E-state index contributed by atoms with van der Waals surface area (Å²) in [6.07, 6.45) is 7.43. The van der Waals surface area contributed by atoms with Crippen molar-refractivity contribution >= 4 is 33.0 Å². The topological polar surface area (TPSA) is 91.5 Å². The predicted molar refractivity (Wildman–Crippen MR) is 131 cm³/mol. The molecule has 1 aliphatic rings. The number of H-pyrrole nitrogens is 1. The lowest BCUT2D eigenvalue weighted by molar-refractivity contribution is -0.116. The number of aromatic amines is 1. The molecule has 0 unspecified atom stereocenters. The van der Waals surface area contributed by atoms with Crippen LogP contribution in [-0.4, -0.2) is 49.4 Å². The smallest absolute Gasteiger partial charge is 0.376 e. The number of halogens is 3. The third-order valence-electron chi connectivity index (χ3n) is 5.99. The van der Waals surface area contributed by atoms with E-state index < -0.39 is 15.6 Å². The number of nitrogens with one attached hydrogen (secondary N) is 2. The minimum atomic E-state index is -5.70. The molecule has 11 heteroatoms. The first-order chi connectivity index (χ1) is 17.1. The fourth-order valence-electron chi connectivity index (χ4n) is 4.14. The molecule has 36 heavy (non-hydrogen) atoms. The average Bonchev–Trinajstić information content (AvgIpc) is 3.24. The molecule has 0 fully saturated rings. The van der Waals surface area contributed by atoms with Crippen LogP contribution in [0.15, 0.2) is 54.7 Å². The Balaban J connectivity index is 1.20. The van der Waals surface area contributed by atoms with Gasteiger partial charge in [0.1, 0.15) is 5.75 Å². The number of hydrogen-bond acceptors (Lipinski definition) is 5. The summed E-state index contributed by atoms with van der Waals surface area (Å²) < 4.78 is 64.5. The van der Waals surface area contributed by atoms with E-state index >= 15 is 0 Å². The Hall–Kier alpha value is -3.31. The summed E-state index contributed by atoms with van der Waals surface area (Å²) >= 11 is 0. The van der Waals surface area contributed by atoms with Crippen LogP contribution in [0.4, 0.5) is 13.2 Å². The molecule has 0 saturated heterocycles. The first kappa shape index (κ1) is 25.8. The second-order valence-electron chi connectivity index (χ2n) is 8.56. The lowest BCUT2D eigenvalue weighted by Crippen LogP contribution is -2.32. The van der Waals surface area contributed by atoms with E-state index in [9.17, 15) is 26.4 Å². The SMILES string of the molecule is O=C(/C=C/c1c[nH]c2ccccc12)NCCCCN1CCc2ccc(OS(=O)(=O)C(F)(F)F)cc2C1. The maximum Gasteiger partial charge on any atom is 0.534 e. The fraction of sp³-hybridized carbons (Fsp3) is 0.320. The fourth-order valence-corrected chi connectivity index (χ4v) is 4.59. The minimum absolute atomic E-state index is 0.173. The quantitative estimate of drug-likeness (QED) is 0.189. The molecule has 0 atom stereocenters. The largest absolute Gasteiger partial charge is 0.534 e. The number of benzene rings is 2. The van der Waals surface area contributed by atoms with Crippen molar-refractivity contribution in [2.45, 2.75) is 31.3 Å². The molecule has 4 rings (SSSR count). The van der Waals surface area contributed by atoms with E-state index in [1.165, 1.54) is 18.2 Å². The van der Waals surface area contributed by atoms with E-state index in [2.05, 4.69) is 19.4 Å². The molecule has 0 aliphatic carbocycles. The second kappa shape index (κ2) is 10.8. The van der Waals surface area contributed by atoms with Gasteiger partial charge < -0.3 is 14.5 Å². The Bertz CT molecular complexity index is 1370. The van der Waals surface area contributed by atoms with E-state index in [1.807, 2.05) is 30.5 Å². The number of alkyl halides is 3. The molecule has 2 N–H and O–H groups in total. The molecule has 1 amide bonds. The molecule has 0 saturated carbocycles. The van der Waals surface area contributed by atoms with E-state index in [-0.39, 0.29) is 11.7 Å². The van der Waals surface area contributed by atoms with Crippen molar-refractivity contribution in [1.82, 2.24) is 15.2 Å². The van der Waals surface area contributed by atoms with Crippen molar-refractivity contribution in [1.29, 1.82) is 0 Å². The lowest BCUT2D eigenvalue weighted by atomic mass is 9.99. The number of hydrogen-bond donors (Lipinski definition) is 2. The standard InChI is InChI=1S/C25H26F3N3O4S/c26-25(27,28)36(33,34)35-21-9-7-18-11-14-31(17-20(18)15-21)13-4-3-12-29-24(32)10-8-19-16-30-23-6-2-1-5-22(19)23/h1-2,5-10,15-16,30H,3-4,11-14,17H2,(H,29,32)/b10-8+. The van der Waals surface area contributed by atoms with Crippen LogP contribution >= 0.6 is 0 Å². The summed E-state index contributed by atoms with van der Waals surface area (Å²) in [4.78, 5) is 17.4. The van der Waals surface area contributed by atoms with Crippen molar-refractivity contribution in [3.63, 3.8) is 0 Å². The predicted octanol–water partition coefficient (Wildman–Crippen LogP) is 4.36.